The number of rotatable bonds is 4. The lowest BCUT2D eigenvalue weighted by atomic mass is 10.1. The van der Waals surface area contributed by atoms with Gasteiger partial charge in [0.1, 0.15) is 11.3 Å². The Morgan fingerprint density at radius 3 is 2.88 bits per heavy atom. The summed E-state index contributed by atoms with van der Waals surface area (Å²) in [4.78, 5) is 27.1. The van der Waals surface area contributed by atoms with Crippen molar-refractivity contribution in [3.05, 3.63) is 54.6 Å². The van der Waals surface area contributed by atoms with Crippen LogP contribution < -0.4 is 0 Å². The Balaban J connectivity index is 1.43. The molecule has 1 fully saturated rings. The molecule has 0 spiro atoms. The summed E-state index contributed by atoms with van der Waals surface area (Å²) in [7, 11) is 0. The Morgan fingerprint density at radius 1 is 1.25 bits per heavy atom. The van der Waals surface area contributed by atoms with E-state index in [1.807, 2.05) is 35.3 Å². The summed E-state index contributed by atoms with van der Waals surface area (Å²) in [6, 6.07) is 12.0. The smallest absolute Gasteiger partial charge is 0.272 e. The van der Waals surface area contributed by atoms with Crippen LogP contribution in [0.25, 0.3) is 33.5 Å². The van der Waals surface area contributed by atoms with E-state index in [4.69, 9.17) is 5.26 Å². The first kappa shape index (κ1) is 19.9. The lowest BCUT2D eigenvalue weighted by Crippen LogP contribution is -2.29. The molecule has 1 saturated heterocycles. The fourth-order valence-electron chi connectivity index (χ4n) is 4.00. The van der Waals surface area contributed by atoms with Crippen LogP contribution in [0.5, 0.6) is 0 Å². The van der Waals surface area contributed by atoms with Gasteiger partial charge in [-0.3, -0.25) is 9.48 Å². The average molecular weight is 425 g/mol. The van der Waals surface area contributed by atoms with Crippen molar-refractivity contribution >= 4 is 16.9 Å². The molecule has 0 radical (unpaired) electrons. The number of amides is 1. The molecule has 5 heterocycles. The molecule has 0 aromatic carbocycles. The summed E-state index contributed by atoms with van der Waals surface area (Å²) in [5.74, 6) is -0.228. The molecule has 0 aliphatic carbocycles. The van der Waals surface area contributed by atoms with Gasteiger partial charge in [-0.1, -0.05) is 6.07 Å². The number of likely N-dealkylation sites (tertiary alicyclic amines) is 1. The molecular formula is C24H23N7O. The molecule has 0 bridgehead atoms. The minimum absolute atomic E-state index is 0.0934. The Labute approximate surface area is 185 Å². The molecular weight excluding hydrogens is 402 g/mol. The fourth-order valence-corrected chi connectivity index (χ4v) is 4.00. The van der Waals surface area contributed by atoms with Gasteiger partial charge in [0, 0.05) is 48.0 Å². The zero-order chi connectivity index (χ0) is 22.2. The van der Waals surface area contributed by atoms with Crippen molar-refractivity contribution < 1.29 is 4.79 Å². The van der Waals surface area contributed by atoms with E-state index < -0.39 is 0 Å². The number of H-pyrrole nitrogens is 1. The molecule has 32 heavy (non-hydrogen) atoms. The summed E-state index contributed by atoms with van der Waals surface area (Å²) in [6.45, 7) is 5.24. The zero-order valence-electron chi connectivity index (χ0n) is 18.0. The fraction of sp³-hybridized carbons (Fsp3) is 0.292. The molecule has 8 heteroatoms. The van der Waals surface area contributed by atoms with E-state index in [9.17, 15) is 4.79 Å². The predicted molar refractivity (Wildman–Crippen MR) is 121 cm³/mol. The summed E-state index contributed by atoms with van der Waals surface area (Å²) in [5.41, 5.74) is 4.66. The van der Waals surface area contributed by atoms with Crippen LogP contribution in [-0.4, -0.2) is 48.6 Å². The van der Waals surface area contributed by atoms with Crippen LogP contribution in [0.2, 0.25) is 0 Å². The highest BCUT2D eigenvalue weighted by molar-refractivity contribution is 5.93. The third kappa shape index (κ3) is 3.62. The Hall–Kier alpha value is -3.99. The Kier molecular flexibility index (Phi) is 4.94. The average Bonchev–Trinajstić information content (AvgIpc) is 3.57. The van der Waals surface area contributed by atoms with E-state index in [1.165, 1.54) is 0 Å². The van der Waals surface area contributed by atoms with Gasteiger partial charge in [0.25, 0.3) is 5.91 Å². The van der Waals surface area contributed by atoms with Gasteiger partial charge in [-0.2, -0.15) is 10.4 Å². The van der Waals surface area contributed by atoms with Crippen molar-refractivity contribution in [2.45, 2.75) is 26.3 Å². The molecule has 1 N–H and O–H groups in total. The molecule has 160 valence electrons. The lowest BCUT2D eigenvalue weighted by molar-refractivity contribution is 0.0784. The van der Waals surface area contributed by atoms with E-state index in [0.717, 1.165) is 27.9 Å². The number of aromatic amines is 1. The number of nitrogens with zero attached hydrogens (tertiary/aromatic N) is 6. The molecule has 4 aromatic rings. The van der Waals surface area contributed by atoms with Crippen molar-refractivity contribution in [1.82, 2.24) is 29.6 Å². The molecule has 4 aromatic heterocycles. The van der Waals surface area contributed by atoms with Gasteiger partial charge in [0.15, 0.2) is 0 Å². The highest BCUT2D eigenvalue weighted by Gasteiger charge is 2.27. The third-order valence-corrected chi connectivity index (χ3v) is 5.83. The summed E-state index contributed by atoms with van der Waals surface area (Å²) in [6.07, 6.45) is 6.34. The van der Waals surface area contributed by atoms with Crippen LogP contribution in [0.4, 0.5) is 0 Å². The molecule has 5 rings (SSSR count). The number of fused-ring (bicyclic) bond motifs is 1. The van der Waals surface area contributed by atoms with Crippen LogP contribution in [0.3, 0.4) is 0 Å². The van der Waals surface area contributed by atoms with Crippen LogP contribution >= 0.6 is 0 Å². The number of hydrogen-bond donors (Lipinski definition) is 1. The SMILES string of the molecule is CC(C)n1cc(-c2cc3cc(-c4cccc(C(=O)N5CCC(C#N)C5)n4)cnc3[nH]2)cn1. The number of carbonyl (C=O) groups is 1. The van der Waals surface area contributed by atoms with Gasteiger partial charge < -0.3 is 9.88 Å². The Bertz CT molecular complexity index is 1340. The van der Waals surface area contributed by atoms with Gasteiger partial charge in [-0.25, -0.2) is 9.97 Å². The van der Waals surface area contributed by atoms with Gasteiger partial charge in [0.05, 0.1) is 29.6 Å². The highest BCUT2D eigenvalue weighted by Crippen LogP contribution is 2.27. The maximum Gasteiger partial charge on any atom is 0.272 e. The van der Waals surface area contributed by atoms with Gasteiger partial charge in [0.2, 0.25) is 0 Å². The van der Waals surface area contributed by atoms with Crippen molar-refractivity contribution in [1.29, 1.82) is 5.26 Å². The third-order valence-electron chi connectivity index (χ3n) is 5.83. The number of nitrogens with one attached hydrogen (secondary N) is 1. The number of nitriles is 1. The first-order chi connectivity index (χ1) is 15.5. The first-order valence-corrected chi connectivity index (χ1v) is 10.7. The van der Waals surface area contributed by atoms with Crippen molar-refractivity contribution in [2.75, 3.05) is 13.1 Å². The molecule has 8 nitrogen and oxygen atoms in total. The van der Waals surface area contributed by atoms with Gasteiger partial charge >= 0.3 is 0 Å². The first-order valence-electron chi connectivity index (χ1n) is 10.7. The van der Waals surface area contributed by atoms with Crippen molar-refractivity contribution in [3.63, 3.8) is 0 Å². The molecule has 1 aliphatic rings. The second-order valence-electron chi connectivity index (χ2n) is 8.42. The summed E-state index contributed by atoms with van der Waals surface area (Å²) >= 11 is 0. The zero-order valence-corrected chi connectivity index (χ0v) is 18.0. The second-order valence-corrected chi connectivity index (χ2v) is 8.42. The molecule has 1 unspecified atom stereocenters. The normalized spacial score (nSPS) is 16.1. The van der Waals surface area contributed by atoms with E-state index >= 15 is 0 Å². The maximum atomic E-state index is 12.8. The van der Waals surface area contributed by atoms with Crippen LogP contribution in [0, 0.1) is 17.2 Å². The Morgan fingerprint density at radius 2 is 2.12 bits per heavy atom. The van der Waals surface area contributed by atoms with E-state index in [2.05, 4.69) is 46.0 Å². The number of aromatic nitrogens is 5. The largest absolute Gasteiger partial charge is 0.339 e. The highest BCUT2D eigenvalue weighted by atomic mass is 16.2. The van der Waals surface area contributed by atoms with Crippen molar-refractivity contribution in [3.8, 4) is 28.6 Å². The van der Waals surface area contributed by atoms with Crippen LogP contribution in [0.15, 0.2) is 48.9 Å². The lowest BCUT2D eigenvalue weighted by Gasteiger charge is -2.15. The monoisotopic (exact) mass is 425 g/mol. The van der Waals surface area contributed by atoms with Gasteiger partial charge in [-0.05, 0) is 44.5 Å². The number of hydrogen-bond acceptors (Lipinski definition) is 5. The van der Waals surface area contributed by atoms with E-state index in [-0.39, 0.29) is 11.8 Å². The minimum Gasteiger partial charge on any atom is -0.339 e. The minimum atomic E-state index is -0.135. The summed E-state index contributed by atoms with van der Waals surface area (Å²) in [5, 5.41) is 14.5. The van der Waals surface area contributed by atoms with Crippen LogP contribution in [-0.2, 0) is 0 Å². The quantitative estimate of drug-likeness (QED) is 0.531. The van der Waals surface area contributed by atoms with Gasteiger partial charge in [-0.15, -0.1) is 0 Å². The predicted octanol–water partition coefficient (Wildman–Crippen LogP) is 4.05. The molecule has 1 amide bonds. The van der Waals surface area contributed by atoms with E-state index in [1.54, 1.807) is 17.2 Å². The maximum absolute atomic E-state index is 12.8. The number of carbonyl (C=O) groups excluding carboxylic acids is 1. The second kappa shape index (κ2) is 7.93. The standard InChI is InChI=1S/C24H23N7O/c1-15(2)31-14-19(12-27-31)22-9-17-8-18(11-26-23(17)29-22)20-4-3-5-21(28-20)24(32)30-7-6-16(10-25)13-30/h3-5,8-9,11-12,14-16H,6-7,13H2,1-2H3,(H,26,29). The molecule has 1 atom stereocenters. The summed E-state index contributed by atoms with van der Waals surface area (Å²) < 4.78 is 1.92. The van der Waals surface area contributed by atoms with Crippen LogP contribution in [0.1, 0.15) is 36.8 Å². The topological polar surface area (TPSA) is 103 Å². The van der Waals surface area contributed by atoms with E-state index in [0.29, 0.717) is 36.9 Å². The van der Waals surface area contributed by atoms with Crippen molar-refractivity contribution in [2.24, 2.45) is 5.92 Å². The molecule has 0 saturated carbocycles. The number of pyridine rings is 2. The molecule has 1 aliphatic heterocycles.